The Kier molecular flexibility index (Phi) is 12.7. The molecule has 1 aliphatic rings. The van der Waals surface area contributed by atoms with Gasteiger partial charge >= 0.3 is 37.9 Å². The minimum atomic E-state index is -1.41. The van der Waals surface area contributed by atoms with Crippen LogP contribution in [0.3, 0.4) is 0 Å². The maximum atomic E-state index is 4.93. The van der Waals surface area contributed by atoms with Gasteiger partial charge in [-0.05, 0) is 17.9 Å². The van der Waals surface area contributed by atoms with Crippen LogP contribution >= 0.6 is 17.0 Å². The van der Waals surface area contributed by atoms with Crippen LogP contribution in [0.25, 0.3) is 33.0 Å². The largest absolute Gasteiger partial charge is 0.184 e. The van der Waals surface area contributed by atoms with Gasteiger partial charge in [-0.3, -0.25) is 0 Å². The normalized spacial score (nSPS) is 12.1. The van der Waals surface area contributed by atoms with E-state index in [1.165, 1.54) is 67.4 Å². The number of hydrogen-bond acceptors (Lipinski definition) is 0. The Morgan fingerprint density at radius 3 is 2.04 bits per heavy atom. The summed E-state index contributed by atoms with van der Waals surface area (Å²) < 4.78 is 0. The van der Waals surface area contributed by atoms with Gasteiger partial charge in [-0.25, -0.2) is 0 Å². The van der Waals surface area contributed by atoms with Gasteiger partial charge in [0.2, 0.25) is 0 Å². The summed E-state index contributed by atoms with van der Waals surface area (Å²) in [6.07, 6.45) is 2.37. The molecule has 0 saturated carbocycles. The summed E-state index contributed by atoms with van der Waals surface area (Å²) in [6, 6.07) is 35.4. The van der Waals surface area contributed by atoms with Crippen LogP contribution in [0.4, 0.5) is 0 Å². The summed E-state index contributed by atoms with van der Waals surface area (Å²) >= 11 is -0.826. The smallest absolute Gasteiger partial charge is 0.0920 e. The van der Waals surface area contributed by atoms with Gasteiger partial charge in [0.05, 0.1) is 25.7 Å². The van der Waals surface area contributed by atoms with E-state index >= 15 is 0 Å². The standard InChI is InChI=1S/C27H39Si2.C12H7Si.2ClH.Zr/c1-10-11-20-14-21-12-13-25(19(2)3)27(26(21)15-20)22-16-23(28(4,5)6)18-24(17-22)29(7,8)9;1-3-7-11-9(5-1)10-6-2-4-8-12(10)13-11;;;/h12-19H,10-11H2,1-9H3;1-7H;2*1H;/q2*-1;;;+4/p-2. The molecule has 1 heterocycles. The molecule has 5 aromatic rings. The maximum Gasteiger partial charge on any atom is 0.0920 e. The fourth-order valence-corrected chi connectivity index (χ4v) is 9.77. The number of hydrogen-bond donors (Lipinski definition) is 0. The fraction of sp³-hybridized carbons (Fsp3) is 0.308. The number of halogens is 2. The van der Waals surface area contributed by atoms with E-state index in [1.54, 1.807) is 10.4 Å². The van der Waals surface area contributed by atoms with Crippen LogP contribution in [0, 0.1) is 6.07 Å². The molecule has 0 spiro atoms. The van der Waals surface area contributed by atoms with Crippen molar-refractivity contribution in [2.75, 3.05) is 0 Å². The Morgan fingerprint density at radius 1 is 0.822 bits per heavy atom. The average Bonchev–Trinajstić information content (AvgIpc) is 3.57. The molecule has 5 aromatic carbocycles. The summed E-state index contributed by atoms with van der Waals surface area (Å²) in [6.45, 7) is 21.8. The van der Waals surface area contributed by atoms with Crippen molar-refractivity contribution in [3.63, 3.8) is 0 Å². The van der Waals surface area contributed by atoms with E-state index < -0.39 is 37.0 Å². The molecular weight excluding hydrogens is 715 g/mol. The molecule has 0 aromatic heterocycles. The van der Waals surface area contributed by atoms with Gasteiger partial charge in [0.25, 0.3) is 0 Å². The second-order valence-corrected chi connectivity index (χ2v) is 29.5. The Morgan fingerprint density at radius 2 is 1.44 bits per heavy atom. The molecule has 0 aliphatic carbocycles. The summed E-state index contributed by atoms with van der Waals surface area (Å²) in [7, 11) is 7.85. The number of rotatable bonds is 6. The van der Waals surface area contributed by atoms with Gasteiger partial charge in [0.15, 0.2) is 0 Å². The molecule has 6 heteroatoms. The van der Waals surface area contributed by atoms with Crippen LogP contribution in [-0.4, -0.2) is 25.7 Å². The zero-order valence-corrected chi connectivity index (χ0v) is 35.3. The topological polar surface area (TPSA) is 0 Å². The first-order chi connectivity index (χ1) is 21.3. The second kappa shape index (κ2) is 15.7. The first-order valence-corrected chi connectivity index (χ1v) is 30.3. The van der Waals surface area contributed by atoms with Crippen LogP contribution in [0.15, 0.2) is 84.9 Å². The van der Waals surface area contributed by atoms with Gasteiger partial charge in [0, 0.05) is 0 Å². The fourth-order valence-electron chi connectivity index (χ4n) is 5.96. The van der Waals surface area contributed by atoms with Crippen molar-refractivity contribution in [1.82, 2.24) is 0 Å². The predicted octanol–water partition coefficient (Wildman–Crippen LogP) is 9.89. The third-order valence-electron chi connectivity index (χ3n) is 8.43. The third kappa shape index (κ3) is 8.95. The Labute approximate surface area is 295 Å². The molecule has 6 rings (SSSR count). The van der Waals surface area contributed by atoms with E-state index in [4.69, 9.17) is 17.0 Å². The number of benzene rings is 4. The van der Waals surface area contributed by atoms with Crippen molar-refractivity contribution in [2.45, 2.75) is 78.8 Å². The summed E-state index contributed by atoms with van der Waals surface area (Å²) in [5.41, 5.74) is 8.67. The van der Waals surface area contributed by atoms with E-state index in [9.17, 15) is 0 Å². The van der Waals surface area contributed by atoms with Crippen molar-refractivity contribution in [1.29, 1.82) is 0 Å². The molecule has 232 valence electrons. The molecule has 0 unspecified atom stereocenters. The molecule has 0 bridgehead atoms. The Bertz CT molecular complexity index is 1670. The summed E-state index contributed by atoms with van der Waals surface area (Å²) in [4.78, 5) is 0. The quantitative estimate of drug-likeness (QED) is 0.117. The van der Waals surface area contributed by atoms with Gasteiger partial charge < -0.3 is 0 Å². The van der Waals surface area contributed by atoms with Gasteiger partial charge in [-0.15, -0.1) is 40.1 Å². The molecule has 0 saturated heterocycles. The Balaban J connectivity index is 0.000000236. The van der Waals surface area contributed by atoms with Crippen molar-refractivity contribution in [3.05, 3.63) is 102 Å². The van der Waals surface area contributed by atoms with E-state index in [0.717, 1.165) is 9.52 Å². The van der Waals surface area contributed by atoms with Crippen LogP contribution in [0.2, 0.25) is 39.3 Å². The molecule has 45 heavy (non-hydrogen) atoms. The number of aryl methyl sites for hydroxylation is 1. The molecule has 1 aliphatic heterocycles. The van der Waals surface area contributed by atoms with Gasteiger partial charge in [-0.1, -0.05) is 141 Å². The first-order valence-electron chi connectivity index (χ1n) is 16.0. The van der Waals surface area contributed by atoms with E-state index in [-0.39, 0.29) is 0 Å². The van der Waals surface area contributed by atoms with E-state index in [0.29, 0.717) is 5.92 Å². The molecule has 2 radical (unpaired) electrons. The molecule has 0 fully saturated rings. The van der Waals surface area contributed by atoms with Crippen molar-refractivity contribution < 1.29 is 20.8 Å². The van der Waals surface area contributed by atoms with Crippen molar-refractivity contribution in [2.24, 2.45) is 0 Å². The minimum absolute atomic E-state index is 0.518. The van der Waals surface area contributed by atoms with Gasteiger partial charge in [-0.2, -0.15) is 35.5 Å². The number of fused-ring (bicyclic) bond motifs is 4. The molecule has 0 atom stereocenters. The van der Waals surface area contributed by atoms with Crippen molar-refractivity contribution >= 4 is 74.2 Å². The molecule has 0 amide bonds. The SMILES string of the molecule is CCCc1cc2c(-c3cc([Si](C)(C)C)cc([Si](C)(C)C)c3)c(C(C)C)ccc2[cH-]1.[Cl][Zr+2][Cl].[c-]1cccc2c1[Si]c1ccccc1-2. The zero-order valence-electron chi connectivity index (χ0n) is 28.3. The molecular formula is C39H46Cl2Si3Zr. The van der Waals surface area contributed by atoms with Crippen LogP contribution in [0.1, 0.15) is 44.2 Å². The third-order valence-corrected chi connectivity index (χ3v) is 13.8. The predicted molar refractivity (Wildman–Crippen MR) is 206 cm³/mol. The summed E-state index contributed by atoms with van der Waals surface area (Å²) in [5, 5.41) is 8.87. The van der Waals surface area contributed by atoms with E-state index in [1.807, 2.05) is 6.07 Å². The van der Waals surface area contributed by atoms with E-state index in [2.05, 4.69) is 145 Å². The average molecular weight is 761 g/mol. The monoisotopic (exact) mass is 758 g/mol. The second-order valence-electron chi connectivity index (χ2n) is 14.3. The Hall–Kier alpha value is -1.40. The van der Waals surface area contributed by atoms with Crippen LogP contribution < -0.4 is 20.7 Å². The first kappa shape index (κ1) is 36.4. The van der Waals surface area contributed by atoms with Gasteiger partial charge in [0.1, 0.15) is 0 Å². The zero-order chi connectivity index (χ0) is 32.9. The van der Waals surface area contributed by atoms with Crippen LogP contribution in [-0.2, 0) is 27.3 Å². The maximum absolute atomic E-state index is 4.93. The summed E-state index contributed by atoms with van der Waals surface area (Å²) in [5.74, 6) is 0.518. The van der Waals surface area contributed by atoms with Crippen molar-refractivity contribution in [3.8, 4) is 22.3 Å². The van der Waals surface area contributed by atoms with Crippen LogP contribution in [0.5, 0.6) is 0 Å². The molecule has 0 nitrogen and oxygen atoms in total. The minimum Gasteiger partial charge on any atom is -0.184 e. The molecule has 0 N–H and O–H groups in total.